The maximum atomic E-state index is 12.1. The number of nitro groups is 1. The van der Waals surface area contributed by atoms with Crippen LogP contribution in [0.15, 0.2) is 29.2 Å². The second-order valence-electron chi connectivity index (χ2n) is 4.42. The number of rotatable bonds is 4. The summed E-state index contributed by atoms with van der Waals surface area (Å²) >= 11 is 0. The van der Waals surface area contributed by atoms with Gasteiger partial charge in [-0.25, -0.2) is 13.1 Å². The standard InChI is InChI=1S/C11H15N3O4S/c15-14(16)10-4-1-5-11(7-10)19(17,18)13-9-3-2-6-12-8-9/h1,4-5,7,9,12-13H,2-3,6,8H2/t9-/m0/s1. The lowest BCUT2D eigenvalue weighted by Gasteiger charge is -2.23. The average molecular weight is 285 g/mol. The Morgan fingerprint density at radius 3 is 2.84 bits per heavy atom. The Morgan fingerprint density at radius 1 is 1.42 bits per heavy atom. The molecule has 1 aliphatic rings. The Bertz CT molecular complexity index is 567. The first-order valence-electron chi connectivity index (χ1n) is 5.96. The molecular formula is C11H15N3O4S. The number of hydrogen-bond donors (Lipinski definition) is 2. The van der Waals surface area contributed by atoms with Gasteiger partial charge in [-0.05, 0) is 25.5 Å². The molecule has 1 saturated heterocycles. The summed E-state index contributed by atoms with van der Waals surface area (Å²) in [4.78, 5) is 9.96. The SMILES string of the molecule is O=[N+]([O-])c1cccc(S(=O)(=O)N[C@H]2CCCNC2)c1. The van der Waals surface area contributed by atoms with E-state index in [0.717, 1.165) is 25.5 Å². The molecule has 1 aliphatic heterocycles. The van der Waals surface area contributed by atoms with E-state index in [2.05, 4.69) is 10.0 Å². The number of non-ortho nitro benzene ring substituents is 1. The van der Waals surface area contributed by atoms with E-state index < -0.39 is 14.9 Å². The van der Waals surface area contributed by atoms with Gasteiger partial charge >= 0.3 is 0 Å². The summed E-state index contributed by atoms with van der Waals surface area (Å²) in [6.07, 6.45) is 1.67. The van der Waals surface area contributed by atoms with Gasteiger partial charge in [0.2, 0.25) is 10.0 Å². The Labute approximate surface area is 111 Å². The summed E-state index contributed by atoms with van der Waals surface area (Å²) in [6.45, 7) is 1.46. The molecule has 8 heteroatoms. The van der Waals surface area contributed by atoms with Gasteiger partial charge in [-0.3, -0.25) is 10.1 Å². The second-order valence-corrected chi connectivity index (χ2v) is 6.13. The van der Waals surface area contributed by atoms with Gasteiger partial charge in [0.15, 0.2) is 0 Å². The number of nitro benzene ring substituents is 1. The molecular weight excluding hydrogens is 270 g/mol. The number of nitrogens with zero attached hydrogens (tertiary/aromatic N) is 1. The van der Waals surface area contributed by atoms with E-state index in [1.54, 1.807) is 0 Å². The van der Waals surface area contributed by atoms with Gasteiger partial charge in [-0.2, -0.15) is 0 Å². The van der Waals surface area contributed by atoms with E-state index >= 15 is 0 Å². The molecule has 2 rings (SSSR count). The smallest absolute Gasteiger partial charge is 0.270 e. The lowest BCUT2D eigenvalue weighted by molar-refractivity contribution is -0.385. The largest absolute Gasteiger partial charge is 0.315 e. The van der Waals surface area contributed by atoms with Crippen molar-refractivity contribution in [2.45, 2.75) is 23.8 Å². The molecule has 0 saturated carbocycles. The van der Waals surface area contributed by atoms with Crippen LogP contribution in [0.3, 0.4) is 0 Å². The van der Waals surface area contributed by atoms with Crippen LogP contribution in [-0.2, 0) is 10.0 Å². The van der Waals surface area contributed by atoms with Crippen LogP contribution in [0, 0.1) is 10.1 Å². The van der Waals surface area contributed by atoms with Gasteiger partial charge < -0.3 is 5.32 Å². The first kappa shape index (κ1) is 13.9. The minimum Gasteiger partial charge on any atom is -0.315 e. The summed E-state index contributed by atoms with van der Waals surface area (Å²) in [5, 5.41) is 13.8. The van der Waals surface area contributed by atoms with Crippen molar-refractivity contribution < 1.29 is 13.3 Å². The Hall–Kier alpha value is -1.51. The molecule has 0 bridgehead atoms. The number of nitrogens with one attached hydrogen (secondary N) is 2. The van der Waals surface area contributed by atoms with Crippen molar-refractivity contribution in [1.82, 2.24) is 10.0 Å². The third kappa shape index (κ3) is 3.49. The monoisotopic (exact) mass is 285 g/mol. The molecule has 1 aromatic rings. The summed E-state index contributed by atoms with van der Waals surface area (Å²) < 4.78 is 26.8. The van der Waals surface area contributed by atoms with Crippen LogP contribution in [0.4, 0.5) is 5.69 Å². The van der Waals surface area contributed by atoms with Crippen LogP contribution in [0.25, 0.3) is 0 Å². The van der Waals surface area contributed by atoms with Crippen LogP contribution in [0.1, 0.15) is 12.8 Å². The minimum atomic E-state index is -3.71. The van der Waals surface area contributed by atoms with Gasteiger partial charge in [0.05, 0.1) is 9.82 Å². The lowest BCUT2D eigenvalue weighted by atomic mass is 10.1. The predicted octanol–water partition coefficient (Wildman–Crippen LogP) is 0.625. The number of benzene rings is 1. The molecule has 104 valence electrons. The van der Waals surface area contributed by atoms with Crippen molar-refractivity contribution in [2.24, 2.45) is 0 Å². The van der Waals surface area contributed by atoms with Crippen molar-refractivity contribution in [3.8, 4) is 0 Å². The highest BCUT2D eigenvalue weighted by atomic mass is 32.2. The Kier molecular flexibility index (Phi) is 4.13. The van der Waals surface area contributed by atoms with E-state index in [4.69, 9.17) is 0 Å². The average Bonchev–Trinajstić information content (AvgIpc) is 2.39. The molecule has 0 spiro atoms. The Morgan fingerprint density at radius 2 is 2.21 bits per heavy atom. The quantitative estimate of drug-likeness (QED) is 0.624. The molecule has 19 heavy (non-hydrogen) atoms. The van der Waals surface area contributed by atoms with Gasteiger partial charge in [0.25, 0.3) is 5.69 Å². The van der Waals surface area contributed by atoms with Crippen molar-refractivity contribution in [2.75, 3.05) is 13.1 Å². The van der Waals surface area contributed by atoms with Gasteiger partial charge in [-0.1, -0.05) is 6.07 Å². The highest BCUT2D eigenvalue weighted by Gasteiger charge is 2.23. The lowest BCUT2D eigenvalue weighted by Crippen LogP contribution is -2.45. The summed E-state index contributed by atoms with van der Waals surface area (Å²) in [7, 11) is -3.71. The third-order valence-electron chi connectivity index (χ3n) is 2.96. The third-order valence-corrected chi connectivity index (χ3v) is 4.48. The highest BCUT2D eigenvalue weighted by Crippen LogP contribution is 2.18. The number of piperidine rings is 1. The summed E-state index contributed by atoms with van der Waals surface area (Å²) in [5.74, 6) is 0. The van der Waals surface area contributed by atoms with Crippen molar-refractivity contribution >= 4 is 15.7 Å². The van der Waals surface area contributed by atoms with E-state index in [-0.39, 0.29) is 16.6 Å². The van der Waals surface area contributed by atoms with Crippen molar-refractivity contribution in [3.63, 3.8) is 0 Å². The second kappa shape index (κ2) is 5.64. The van der Waals surface area contributed by atoms with Crippen molar-refractivity contribution in [1.29, 1.82) is 0 Å². The van der Waals surface area contributed by atoms with E-state index in [0.29, 0.717) is 6.54 Å². The molecule has 7 nitrogen and oxygen atoms in total. The molecule has 1 aromatic carbocycles. The molecule has 1 heterocycles. The Balaban J connectivity index is 2.18. The molecule has 1 atom stereocenters. The van der Waals surface area contributed by atoms with Crippen LogP contribution in [0.2, 0.25) is 0 Å². The molecule has 0 aromatic heterocycles. The van der Waals surface area contributed by atoms with Gasteiger partial charge in [0.1, 0.15) is 0 Å². The first-order valence-corrected chi connectivity index (χ1v) is 7.45. The van der Waals surface area contributed by atoms with Crippen LogP contribution in [0.5, 0.6) is 0 Å². The number of hydrogen-bond acceptors (Lipinski definition) is 5. The summed E-state index contributed by atoms with van der Waals surface area (Å²) in [5.41, 5.74) is -0.232. The molecule has 0 unspecified atom stereocenters. The predicted molar refractivity (Wildman–Crippen MR) is 69.3 cm³/mol. The van der Waals surface area contributed by atoms with Crippen LogP contribution < -0.4 is 10.0 Å². The first-order chi connectivity index (χ1) is 8.99. The summed E-state index contributed by atoms with van der Waals surface area (Å²) in [6, 6.07) is 4.88. The van der Waals surface area contributed by atoms with E-state index in [1.807, 2.05) is 0 Å². The zero-order chi connectivity index (χ0) is 13.9. The minimum absolute atomic E-state index is 0.0766. The molecule has 0 aliphatic carbocycles. The molecule has 0 radical (unpaired) electrons. The van der Waals surface area contributed by atoms with Crippen LogP contribution >= 0.6 is 0 Å². The zero-order valence-electron chi connectivity index (χ0n) is 10.2. The van der Waals surface area contributed by atoms with Crippen molar-refractivity contribution in [3.05, 3.63) is 34.4 Å². The fraction of sp³-hybridized carbons (Fsp3) is 0.455. The molecule has 0 amide bonds. The van der Waals surface area contributed by atoms with Gasteiger partial charge in [-0.15, -0.1) is 0 Å². The fourth-order valence-electron chi connectivity index (χ4n) is 2.00. The van der Waals surface area contributed by atoms with Gasteiger partial charge in [0, 0.05) is 24.7 Å². The topological polar surface area (TPSA) is 101 Å². The maximum Gasteiger partial charge on any atom is 0.270 e. The van der Waals surface area contributed by atoms with E-state index in [9.17, 15) is 18.5 Å². The number of sulfonamides is 1. The molecule has 1 fully saturated rings. The zero-order valence-corrected chi connectivity index (χ0v) is 11.0. The maximum absolute atomic E-state index is 12.1. The normalized spacial score (nSPS) is 20.1. The van der Waals surface area contributed by atoms with E-state index in [1.165, 1.54) is 18.2 Å². The highest BCUT2D eigenvalue weighted by molar-refractivity contribution is 7.89. The molecule has 2 N–H and O–H groups in total. The van der Waals surface area contributed by atoms with Crippen LogP contribution in [-0.4, -0.2) is 32.5 Å². The fourth-order valence-corrected chi connectivity index (χ4v) is 3.31.